The maximum atomic E-state index is 11.8. The van der Waals surface area contributed by atoms with Crippen molar-refractivity contribution in [3.8, 4) is 11.4 Å². The number of hydrogen-bond acceptors (Lipinski definition) is 6. The molecule has 0 aliphatic carbocycles. The van der Waals surface area contributed by atoms with Crippen LogP contribution in [0.2, 0.25) is 0 Å². The summed E-state index contributed by atoms with van der Waals surface area (Å²) in [5.41, 5.74) is 0.595. The minimum absolute atomic E-state index is 0.00761. The largest absolute Gasteiger partial charge is 0.345 e. The lowest BCUT2D eigenvalue weighted by Gasteiger charge is -2.10. The number of nitro benzene ring substituents is 1. The fourth-order valence-electron chi connectivity index (χ4n) is 1.99. The highest BCUT2D eigenvalue weighted by atomic mass is 16.6. The predicted molar refractivity (Wildman–Crippen MR) is 82.4 cm³/mol. The van der Waals surface area contributed by atoms with E-state index in [4.69, 9.17) is 4.52 Å². The van der Waals surface area contributed by atoms with Crippen molar-refractivity contribution in [1.82, 2.24) is 15.5 Å². The second-order valence-electron chi connectivity index (χ2n) is 5.65. The van der Waals surface area contributed by atoms with Crippen LogP contribution in [0.25, 0.3) is 11.4 Å². The summed E-state index contributed by atoms with van der Waals surface area (Å²) in [6, 6.07) is 5.45. The Hall–Kier alpha value is -2.77. The Labute approximate surface area is 133 Å². The van der Waals surface area contributed by atoms with E-state index in [1.165, 1.54) is 12.1 Å². The second kappa shape index (κ2) is 6.99. The van der Waals surface area contributed by atoms with Crippen LogP contribution in [0.1, 0.15) is 39.1 Å². The number of rotatable bonds is 6. The van der Waals surface area contributed by atoms with E-state index in [1.54, 1.807) is 19.1 Å². The molecule has 0 unspecified atom stereocenters. The maximum absolute atomic E-state index is 11.8. The van der Waals surface area contributed by atoms with Gasteiger partial charge in [0, 0.05) is 24.1 Å². The molecular formula is C15H18N4O4. The quantitative estimate of drug-likeness (QED) is 0.647. The lowest BCUT2D eigenvalue weighted by atomic mass is 10.1. The number of hydrogen-bond donors (Lipinski definition) is 1. The van der Waals surface area contributed by atoms with Crippen LogP contribution in [-0.2, 0) is 4.79 Å². The molecule has 0 bridgehead atoms. The van der Waals surface area contributed by atoms with Gasteiger partial charge in [-0.25, -0.2) is 0 Å². The molecule has 1 amide bonds. The number of carbonyl (C=O) groups excluding carboxylic acids is 1. The highest BCUT2D eigenvalue weighted by Crippen LogP contribution is 2.21. The molecule has 0 spiro atoms. The molecule has 8 heteroatoms. The number of aromatic nitrogens is 2. The van der Waals surface area contributed by atoms with Gasteiger partial charge in [0.1, 0.15) is 6.04 Å². The summed E-state index contributed by atoms with van der Waals surface area (Å²) in [7, 11) is 0. The van der Waals surface area contributed by atoms with Gasteiger partial charge in [-0.3, -0.25) is 14.9 Å². The van der Waals surface area contributed by atoms with E-state index in [2.05, 4.69) is 15.5 Å². The van der Waals surface area contributed by atoms with Gasteiger partial charge >= 0.3 is 0 Å². The molecule has 0 aliphatic rings. The Balaban J connectivity index is 2.07. The third-order valence-electron chi connectivity index (χ3n) is 3.12. The van der Waals surface area contributed by atoms with Crippen molar-refractivity contribution in [3.05, 3.63) is 40.3 Å². The lowest BCUT2D eigenvalue weighted by Crippen LogP contribution is -2.27. The van der Waals surface area contributed by atoms with Crippen LogP contribution in [-0.4, -0.2) is 21.0 Å². The molecular weight excluding hydrogens is 300 g/mol. The van der Waals surface area contributed by atoms with E-state index in [0.29, 0.717) is 17.8 Å². The first kappa shape index (κ1) is 16.6. The molecule has 1 aromatic heterocycles. The fraction of sp³-hybridized carbons (Fsp3) is 0.400. The third kappa shape index (κ3) is 4.35. The molecule has 1 heterocycles. The van der Waals surface area contributed by atoms with Crippen LogP contribution in [0, 0.1) is 16.0 Å². The van der Waals surface area contributed by atoms with Crippen LogP contribution in [0.15, 0.2) is 28.8 Å². The van der Waals surface area contributed by atoms with Gasteiger partial charge in [-0.05, 0) is 25.0 Å². The summed E-state index contributed by atoms with van der Waals surface area (Å²) < 4.78 is 5.15. The smallest absolute Gasteiger partial charge is 0.269 e. The Morgan fingerprint density at radius 2 is 1.96 bits per heavy atom. The third-order valence-corrected chi connectivity index (χ3v) is 3.12. The first-order valence-corrected chi connectivity index (χ1v) is 7.24. The zero-order valence-corrected chi connectivity index (χ0v) is 13.1. The van der Waals surface area contributed by atoms with Crippen molar-refractivity contribution < 1.29 is 14.2 Å². The van der Waals surface area contributed by atoms with Gasteiger partial charge < -0.3 is 9.84 Å². The van der Waals surface area contributed by atoms with Gasteiger partial charge in [0.2, 0.25) is 17.6 Å². The van der Waals surface area contributed by atoms with Gasteiger partial charge in [0.05, 0.1) is 4.92 Å². The van der Waals surface area contributed by atoms with Crippen molar-refractivity contribution >= 4 is 11.6 Å². The zero-order valence-electron chi connectivity index (χ0n) is 13.1. The summed E-state index contributed by atoms with van der Waals surface area (Å²) in [6.07, 6.45) is 0.424. The standard InChI is InChI=1S/C15H18N4O4/c1-9(2)8-13(20)16-10(3)15-17-14(18-23-15)11-4-6-12(7-5-11)19(21)22/h4-7,9-10H,8H2,1-3H3,(H,16,20)/t10-/m0/s1. The molecule has 0 saturated carbocycles. The summed E-state index contributed by atoms with van der Waals surface area (Å²) >= 11 is 0. The number of non-ortho nitro benzene ring substituents is 1. The van der Waals surface area contributed by atoms with Gasteiger partial charge in [0.15, 0.2) is 0 Å². The molecule has 0 radical (unpaired) electrons. The lowest BCUT2D eigenvalue weighted by molar-refractivity contribution is -0.384. The monoisotopic (exact) mass is 318 g/mol. The van der Waals surface area contributed by atoms with E-state index in [-0.39, 0.29) is 23.4 Å². The van der Waals surface area contributed by atoms with Gasteiger partial charge in [0.25, 0.3) is 5.69 Å². The second-order valence-corrected chi connectivity index (χ2v) is 5.65. The topological polar surface area (TPSA) is 111 Å². The number of carbonyl (C=O) groups is 1. The number of nitrogens with zero attached hydrogens (tertiary/aromatic N) is 3. The van der Waals surface area contributed by atoms with E-state index < -0.39 is 11.0 Å². The molecule has 0 fully saturated rings. The van der Waals surface area contributed by atoms with Crippen molar-refractivity contribution in [2.24, 2.45) is 5.92 Å². The molecule has 1 atom stereocenters. The van der Waals surface area contributed by atoms with Gasteiger partial charge in [-0.15, -0.1) is 0 Å². The minimum Gasteiger partial charge on any atom is -0.345 e. The van der Waals surface area contributed by atoms with Crippen molar-refractivity contribution in [2.45, 2.75) is 33.2 Å². The molecule has 0 saturated heterocycles. The van der Waals surface area contributed by atoms with Gasteiger partial charge in [-0.2, -0.15) is 4.98 Å². The highest BCUT2D eigenvalue weighted by molar-refractivity contribution is 5.76. The fourth-order valence-corrected chi connectivity index (χ4v) is 1.99. The number of benzene rings is 1. The molecule has 23 heavy (non-hydrogen) atoms. The van der Waals surface area contributed by atoms with Gasteiger partial charge in [-0.1, -0.05) is 19.0 Å². The van der Waals surface area contributed by atoms with E-state index in [9.17, 15) is 14.9 Å². The average molecular weight is 318 g/mol. The molecule has 2 aromatic rings. The van der Waals surface area contributed by atoms with Crippen LogP contribution in [0.3, 0.4) is 0 Å². The first-order valence-electron chi connectivity index (χ1n) is 7.24. The zero-order chi connectivity index (χ0) is 17.0. The van der Waals surface area contributed by atoms with E-state index in [0.717, 1.165) is 0 Å². The first-order chi connectivity index (χ1) is 10.9. The van der Waals surface area contributed by atoms with Crippen LogP contribution in [0.4, 0.5) is 5.69 Å². The molecule has 2 rings (SSSR count). The predicted octanol–water partition coefficient (Wildman–Crippen LogP) is 2.87. The van der Waals surface area contributed by atoms with Crippen LogP contribution in [0.5, 0.6) is 0 Å². The Bertz CT molecular complexity index is 694. The maximum Gasteiger partial charge on any atom is 0.269 e. The van der Waals surface area contributed by atoms with Crippen molar-refractivity contribution in [1.29, 1.82) is 0 Å². The van der Waals surface area contributed by atoms with Crippen LogP contribution < -0.4 is 5.32 Å². The molecule has 122 valence electrons. The highest BCUT2D eigenvalue weighted by Gasteiger charge is 2.18. The minimum atomic E-state index is -0.474. The summed E-state index contributed by atoms with van der Waals surface area (Å²) in [4.78, 5) is 26.1. The van der Waals surface area contributed by atoms with Crippen molar-refractivity contribution in [2.75, 3.05) is 0 Å². The van der Waals surface area contributed by atoms with E-state index in [1.807, 2.05) is 13.8 Å². The normalized spacial score (nSPS) is 12.2. The molecule has 0 aliphatic heterocycles. The summed E-state index contributed by atoms with van der Waals surface area (Å²) in [6.45, 7) is 5.68. The number of nitro groups is 1. The molecule has 1 aromatic carbocycles. The molecule has 8 nitrogen and oxygen atoms in total. The Kier molecular flexibility index (Phi) is 5.05. The van der Waals surface area contributed by atoms with Crippen LogP contribution >= 0.6 is 0 Å². The summed E-state index contributed by atoms with van der Waals surface area (Å²) in [5.74, 6) is 0.790. The molecule has 1 N–H and O–H groups in total. The number of amides is 1. The number of nitrogens with one attached hydrogen (secondary N) is 1. The van der Waals surface area contributed by atoms with Crippen molar-refractivity contribution in [3.63, 3.8) is 0 Å². The Morgan fingerprint density at radius 1 is 1.30 bits per heavy atom. The summed E-state index contributed by atoms with van der Waals surface area (Å²) in [5, 5.41) is 17.3. The average Bonchev–Trinajstić information content (AvgIpc) is 2.96. The SMILES string of the molecule is CC(C)CC(=O)N[C@@H](C)c1nc(-c2ccc([N+](=O)[O-])cc2)no1. The Morgan fingerprint density at radius 3 is 2.52 bits per heavy atom. The van der Waals surface area contributed by atoms with E-state index >= 15 is 0 Å².